The second-order valence-corrected chi connectivity index (χ2v) is 14.2. The minimum Gasteiger partial charge on any atom is -0.466 e. The van der Waals surface area contributed by atoms with E-state index in [0.717, 1.165) is 19.3 Å². The second kappa shape index (κ2) is 13.6. The predicted octanol–water partition coefficient (Wildman–Crippen LogP) is 4.85. The molecule has 3 heterocycles. The van der Waals surface area contributed by atoms with Crippen LogP contribution in [0.15, 0.2) is 32.1 Å². The molecule has 1 aliphatic carbocycles. The fraction of sp³-hybridized carbons (Fsp3) is 0.667. The largest absolute Gasteiger partial charge is 0.466 e. The molecule has 0 radical (unpaired) electrons. The van der Waals surface area contributed by atoms with Crippen LogP contribution in [0.3, 0.4) is 0 Å². The lowest BCUT2D eigenvalue weighted by Crippen LogP contribution is -2.52. The quantitative estimate of drug-likeness (QED) is 0.344. The van der Waals surface area contributed by atoms with Crippen LogP contribution in [0, 0.1) is 11.3 Å². The molecule has 1 aromatic rings. The van der Waals surface area contributed by atoms with Crippen LogP contribution in [0.1, 0.15) is 85.1 Å². The van der Waals surface area contributed by atoms with E-state index in [0.29, 0.717) is 23.7 Å². The Bertz CT molecular complexity index is 1340. The number of ketones is 1. The van der Waals surface area contributed by atoms with Gasteiger partial charge in [0.05, 0.1) is 34.8 Å². The zero-order valence-corrected chi connectivity index (χ0v) is 28.2. The highest BCUT2D eigenvalue weighted by Crippen LogP contribution is 2.57. The van der Waals surface area contributed by atoms with Crippen molar-refractivity contribution in [2.45, 2.75) is 103 Å². The molecular weight excluding hydrogens is 688 g/mol. The number of Topliss-reactive ketones (excluding diaryl/α,β-unsaturated/α-hetero) is 1. The van der Waals surface area contributed by atoms with Crippen LogP contribution in [0.25, 0.3) is 0 Å². The summed E-state index contributed by atoms with van der Waals surface area (Å²) in [7, 11) is 0. The van der Waals surface area contributed by atoms with E-state index in [9.17, 15) is 24.0 Å². The van der Waals surface area contributed by atoms with Crippen molar-refractivity contribution < 1.29 is 28.7 Å². The van der Waals surface area contributed by atoms with Crippen LogP contribution in [0.2, 0.25) is 0 Å². The number of halogens is 2. The van der Waals surface area contributed by atoms with E-state index in [1.807, 2.05) is 6.08 Å². The van der Waals surface area contributed by atoms with Gasteiger partial charge >= 0.3 is 12.1 Å². The fourth-order valence-electron chi connectivity index (χ4n) is 5.98. The maximum atomic E-state index is 14.2. The van der Waals surface area contributed by atoms with Gasteiger partial charge < -0.3 is 19.7 Å². The van der Waals surface area contributed by atoms with Crippen LogP contribution in [0.5, 0.6) is 0 Å². The number of ether oxygens (including phenoxy) is 2. The Labute approximate surface area is 268 Å². The molecule has 0 spiro atoms. The molecule has 2 amide bonds. The van der Waals surface area contributed by atoms with Gasteiger partial charge in [0, 0.05) is 13.0 Å². The van der Waals surface area contributed by atoms with Crippen molar-refractivity contribution in [1.82, 2.24) is 20.0 Å². The van der Waals surface area contributed by atoms with Crippen LogP contribution < -0.4 is 10.9 Å². The summed E-state index contributed by atoms with van der Waals surface area (Å²) in [5.74, 6) is -1.24. The molecule has 0 unspecified atom stereocenters. The third-order valence-corrected chi connectivity index (χ3v) is 10.1. The Morgan fingerprint density at radius 1 is 1.16 bits per heavy atom. The Hall–Kier alpha value is -2.54. The van der Waals surface area contributed by atoms with Gasteiger partial charge in [-0.3, -0.25) is 19.2 Å². The SMILES string of the molecule is CCOC(=O)[C@]12CC(=O)[C@@H]3C[C@@H](n4ncc(Br)c(Br)c4=O)CN3C(=O)[C@@H](NC(=O)OC(C)(C)C)CCCCC/C=C\[C@@H]1C2. The maximum Gasteiger partial charge on any atom is 0.408 e. The first-order valence-electron chi connectivity index (χ1n) is 14.9. The van der Waals surface area contributed by atoms with Crippen LogP contribution in [-0.2, 0) is 23.9 Å². The highest BCUT2D eigenvalue weighted by molar-refractivity contribution is 9.13. The van der Waals surface area contributed by atoms with E-state index in [1.54, 1.807) is 27.7 Å². The van der Waals surface area contributed by atoms with E-state index in [2.05, 4.69) is 48.4 Å². The van der Waals surface area contributed by atoms with Crippen molar-refractivity contribution in [3.8, 4) is 0 Å². The lowest BCUT2D eigenvalue weighted by Gasteiger charge is -2.30. The predicted molar refractivity (Wildman–Crippen MR) is 165 cm³/mol. The molecule has 1 saturated carbocycles. The van der Waals surface area contributed by atoms with Gasteiger partial charge in [0.15, 0.2) is 5.78 Å². The molecule has 2 aliphatic heterocycles. The topological polar surface area (TPSA) is 137 Å². The van der Waals surface area contributed by atoms with E-state index >= 15 is 0 Å². The lowest BCUT2D eigenvalue weighted by atomic mass is 9.91. The average Bonchev–Trinajstić information content (AvgIpc) is 3.44. The number of rotatable bonds is 4. The maximum absolute atomic E-state index is 14.2. The van der Waals surface area contributed by atoms with Gasteiger partial charge in [-0.05, 0) is 97.6 Å². The molecular formula is C30H40Br2N4O7. The molecule has 11 nitrogen and oxygen atoms in total. The smallest absolute Gasteiger partial charge is 0.408 e. The summed E-state index contributed by atoms with van der Waals surface area (Å²) in [6, 6.07) is -2.44. The Balaban J connectivity index is 1.70. The van der Waals surface area contributed by atoms with Crippen molar-refractivity contribution in [2.24, 2.45) is 11.3 Å². The van der Waals surface area contributed by atoms with Gasteiger partial charge in [0.2, 0.25) is 5.91 Å². The monoisotopic (exact) mass is 726 g/mol. The zero-order valence-electron chi connectivity index (χ0n) is 25.1. The summed E-state index contributed by atoms with van der Waals surface area (Å²) in [6.07, 6.45) is 8.94. The van der Waals surface area contributed by atoms with Gasteiger partial charge in [0.25, 0.3) is 5.56 Å². The summed E-state index contributed by atoms with van der Waals surface area (Å²) in [6.45, 7) is 7.19. The number of alkyl carbamates (subject to hydrolysis) is 1. The molecule has 2 fully saturated rings. The third kappa shape index (κ3) is 7.76. The number of allylic oxidation sites excluding steroid dienone is 2. The first kappa shape index (κ1) is 33.4. The van der Waals surface area contributed by atoms with Crippen LogP contribution in [0.4, 0.5) is 4.79 Å². The number of aromatic nitrogens is 2. The molecule has 1 N–H and O–H groups in total. The number of nitrogens with one attached hydrogen (secondary N) is 1. The molecule has 5 atom stereocenters. The number of hydrogen-bond acceptors (Lipinski definition) is 8. The normalized spacial score (nSPS) is 29.0. The summed E-state index contributed by atoms with van der Waals surface area (Å²) >= 11 is 6.58. The van der Waals surface area contributed by atoms with Crippen LogP contribution in [-0.4, -0.2) is 69.3 Å². The Kier molecular flexibility index (Phi) is 10.6. The highest BCUT2D eigenvalue weighted by atomic mass is 79.9. The lowest BCUT2D eigenvalue weighted by molar-refractivity contribution is -0.152. The van der Waals surface area contributed by atoms with Crippen molar-refractivity contribution >= 4 is 55.6 Å². The van der Waals surface area contributed by atoms with Crippen LogP contribution >= 0.6 is 31.9 Å². The summed E-state index contributed by atoms with van der Waals surface area (Å²) < 4.78 is 12.9. The number of amides is 2. The minimum absolute atomic E-state index is 0.0401. The fourth-order valence-corrected chi connectivity index (χ4v) is 6.52. The first-order chi connectivity index (χ1) is 20.3. The van der Waals surface area contributed by atoms with E-state index in [-0.39, 0.29) is 42.2 Å². The van der Waals surface area contributed by atoms with Gasteiger partial charge in [0.1, 0.15) is 16.1 Å². The van der Waals surface area contributed by atoms with Crippen molar-refractivity contribution in [2.75, 3.05) is 13.2 Å². The minimum atomic E-state index is -0.972. The number of carbonyl (C=O) groups is 4. The van der Waals surface area contributed by atoms with Gasteiger partial charge in [-0.15, -0.1) is 0 Å². The van der Waals surface area contributed by atoms with Crippen molar-refractivity contribution in [3.63, 3.8) is 0 Å². The summed E-state index contributed by atoms with van der Waals surface area (Å²) in [4.78, 5) is 68.7. The number of hydrogen-bond donors (Lipinski definition) is 1. The molecule has 1 saturated heterocycles. The van der Waals surface area contributed by atoms with E-state index in [4.69, 9.17) is 9.47 Å². The molecule has 43 heavy (non-hydrogen) atoms. The van der Waals surface area contributed by atoms with Crippen molar-refractivity contribution in [3.05, 3.63) is 37.6 Å². The first-order valence-corrected chi connectivity index (χ1v) is 16.5. The molecule has 1 aromatic heterocycles. The van der Waals surface area contributed by atoms with Gasteiger partial charge in [-0.25, -0.2) is 9.48 Å². The van der Waals surface area contributed by atoms with Gasteiger partial charge in [-0.1, -0.05) is 25.0 Å². The summed E-state index contributed by atoms with van der Waals surface area (Å²) in [5.41, 5.74) is -2.14. The molecule has 3 aliphatic rings. The van der Waals surface area contributed by atoms with E-state index in [1.165, 1.54) is 15.8 Å². The number of esters is 1. The third-order valence-electron chi connectivity index (χ3n) is 8.21. The molecule has 4 rings (SSSR count). The molecule has 0 bridgehead atoms. The average molecular weight is 728 g/mol. The van der Waals surface area contributed by atoms with E-state index < -0.39 is 52.7 Å². The van der Waals surface area contributed by atoms with Crippen molar-refractivity contribution in [1.29, 1.82) is 0 Å². The molecule has 236 valence electrons. The molecule has 0 aromatic carbocycles. The highest BCUT2D eigenvalue weighted by Gasteiger charge is 2.61. The number of fused-ring (bicyclic) bond motifs is 2. The number of carbonyl (C=O) groups excluding carboxylic acids is 4. The summed E-state index contributed by atoms with van der Waals surface area (Å²) in [5, 5.41) is 7.02. The standard InChI is InChI=1S/C30H40Br2N4O7/c1-5-42-27(40)30-14-18(30)11-9-7-6-8-10-12-21(34-28(41)43-29(2,3)4)25(38)35-17-19(13-22(35)23(37)15-30)36-26(39)24(32)20(31)16-33-36/h9,11,16,18-19,21-22H,5-8,10,12-15,17H2,1-4H3,(H,34,41)/b11-9-/t18-,19-,21+,22+,30-/m1/s1. The van der Waals surface area contributed by atoms with Gasteiger partial charge in [-0.2, -0.15) is 5.10 Å². The Morgan fingerprint density at radius 2 is 1.91 bits per heavy atom. The number of nitrogens with zero attached hydrogens (tertiary/aromatic N) is 3. The zero-order chi connectivity index (χ0) is 31.5. The second-order valence-electron chi connectivity index (χ2n) is 12.5. The molecule has 13 heteroatoms. The Morgan fingerprint density at radius 3 is 2.60 bits per heavy atom.